The Bertz CT molecular complexity index is 378. The van der Waals surface area contributed by atoms with E-state index in [1.807, 2.05) is 25.1 Å². The quantitative estimate of drug-likeness (QED) is 0.736. The minimum atomic E-state index is -0.136. The van der Waals surface area contributed by atoms with Crippen molar-refractivity contribution in [3.63, 3.8) is 0 Å². The molecule has 4 heteroatoms. The van der Waals surface area contributed by atoms with Crippen LogP contribution in [0.4, 0.5) is 0 Å². The number of ether oxygens (including phenoxy) is 3. The highest BCUT2D eigenvalue weighted by Gasteiger charge is 2.14. The largest absolute Gasteiger partial charge is 0.496 e. The summed E-state index contributed by atoms with van der Waals surface area (Å²) in [6, 6.07) is 5.56. The molecule has 0 bridgehead atoms. The van der Waals surface area contributed by atoms with Gasteiger partial charge >= 0.3 is 0 Å². The molecule has 0 saturated carbocycles. The van der Waals surface area contributed by atoms with Gasteiger partial charge in [0.25, 0.3) is 0 Å². The summed E-state index contributed by atoms with van der Waals surface area (Å²) in [7, 11) is 1.64. The number of hydrogen-bond acceptors (Lipinski definition) is 4. The van der Waals surface area contributed by atoms with Crippen LogP contribution in [0.5, 0.6) is 11.5 Å². The first-order valence-electron chi connectivity index (χ1n) is 6.69. The van der Waals surface area contributed by atoms with E-state index >= 15 is 0 Å². The third-order valence-electron chi connectivity index (χ3n) is 2.64. The minimum Gasteiger partial charge on any atom is -0.496 e. The van der Waals surface area contributed by atoms with Crippen molar-refractivity contribution in [2.24, 2.45) is 11.7 Å². The van der Waals surface area contributed by atoms with E-state index in [9.17, 15) is 0 Å². The van der Waals surface area contributed by atoms with Gasteiger partial charge in [0.05, 0.1) is 19.3 Å². The van der Waals surface area contributed by atoms with Crippen LogP contribution in [-0.2, 0) is 4.74 Å². The maximum Gasteiger partial charge on any atom is 0.127 e. The fourth-order valence-corrected chi connectivity index (χ4v) is 1.81. The average Bonchev–Trinajstić information content (AvgIpc) is 2.37. The fraction of sp³-hybridized carbons (Fsp3) is 0.600. The van der Waals surface area contributed by atoms with E-state index in [4.69, 9.17) is 19.9 Å². The van der Waals surface area contributed by atoms with Crippen LogP contribution in [-0.4, -0.2) is 26.9 Å². The zero-order valence-electron chi connectivity index (χ0n) is 12.3. The van der Waals surface area contributed by atoms with Crippen LogP contribution in [0.25, 0.3) is 0 Å². The molecule has 0 heterocycles. The summed E-state index contributed by atoms with van der Waals surface area (Å²) in [5.74, 6) is 2.06. The van der Waals surface area contributed by atoms with Gasteiger partial charge in [-0.05, 0) is 25.0 Å². The summed E-state index contributed by atoms with van der Waals surface area (Å²) in [5.41, 5.74) is 6.87. The Hall–Kier alpha value is -1.26. The SMILES string of the molecule is COc1cccc(OCCOCC(C)C)c1[C@@H](C)N. The summed E-state index contributed by atoms with van der Waals surface area (Å²) in [6.07, 6.45) is 0. The zero-order chi connectivity index (χ0) is 14.3. The van der Waals surface area contributed by atoms with Gasteiger partial charge in [0, 0.05) is 12.6 Å². The molecule has 1 aromatic rings. The summed E-state index contributed by atoms with van der Waals surface area (Å²) in [6.45, 7) is 8.00. The molecule has 108 valence electrons. The Labute approximate surface area is 115 Å². The lowest BCUT2D eigenvalue weighted by molar-refractivity contribution is 0.0814. The number of benzene rings is 1. The lowest BCUT2D eigenvalue weighted by Crippen LogP contribution is -2.13. The van der Waals surface area contributed by atoms with Crippen LogP contribution in [0.1, 0.15) is 32.4 Å². The normalized spacial score (nSPS) is 12.5. The second-order valence-electron chi connectivity index (χ2n) is 4.98. The van der Waals surface area contributed by atoms with Crippen molar-refractivity contribution in [3.05, 3.63) is 23.8 Å². The van der Waals surface area contributed by atoms with Crippen molar-refractivity contribution in [1.82, 2.24) is 0 Å². The van der Waals surface area contributed by atoms with Crippen LogP contribution >= 0.6 is 0 Å². The van der Waals surface area contributed by atoms with E-state index in [1.54, 1.807) is 7.11 Å². The fourth-order valence-electron chi connectivity index (χ4n) is 1.81. The molecule has 1 atom stereocenters. The summed E-state index contributed by atoms with van der Waals surface area (Å²) in [4.78, 5) is 0. The predicted molar refractivity (Wildman–Crippen MR) is 76.7 cm³/mol. The van der Waals surface area contributed by atoms with Gasteiger partial charge in [0.1, 0.15) is 18.1 Å². The number of hydrogen-bond donors (Lipinski definition) is 1. The van der Waals surface area contributed by atoms with Gasteiger partial charge in [-0.25, -0.2) is 0 Å². The van der Waals surface area contributed by atoms with E-state index in [0.717, 1.165) is 23.7 Å². The van der Waals surface area contributed by atoms with Gasteiger partial charge in [0.2, 0.25) is 0 Å². The zero-order valence-corrected chi connectivity index (χ0v) is 12.3. The summed E-state index contributed by atoms with van der Waals surface area (Å²) < 4.78 is 16.5. The molecule has 0 radical (unpaired) electrons. The van der Waals surface area contributed by atoms with Crippen molar-refractivity contribution < 1.29 is 14.2 Å². The van der Waals surface area contributed by atoms with E-state index in [1.165, 1.54) is 0 Å². The molecule has 0 fully saturated rings. The van der Waals surface area contributed by atoms with E-state index in [-0.39, 0.29) is 6.04 Å². The molecule has 0 aromatic heterocycles. The molecule has 0 spiro atoms. The molecule has 4 nitrogen and oxygen atoms in total. The molecular formula is C15H25NO3. The van der Waals surface area contributed by atoms with Gasteiger partial charge in [0.15, 0.2) is 0 Å². The third-order valence-corrected chi connectivity index (χ3v) is 2.64. The van der Waals surface area contributed by atoms with Crippen molar-refractivity contribution in [2.45, 2.75) is 26.8 Å². The van der Waals surface area contributed by atoms with Crippen LogP contribution in [0.15, 0.2) is 18.2 Å². The van der Waals surface area contributed by atoms with E-state index in [2.05, 4.69) is 13.8 Å². The van der Waals surface area contributed by atoms with Gasteiger partial charge in [-0.2, -0.15) is 0 Å². The molecule has 1 aromatic carbocycles. The second-order valence-corrected chi connectivity index (χ2v) is 4.98. The van der Waals surface area contributed by atoms with Crippen LogP contribution in [0.3, 0.4) is 0 Å². The second kappa shape index (κ2) is 8.02. The molecule has 2 N–H and O–H groups in total. The first-order chi connectivity index (χ1) is 9.06. The Kier molecular flexibility index (Phi) is 6.67. The summed E-state index contributed by atoms with van der Waals surface area (Å²) in [5, 5.41) is 0. The Morgan fingerprint density at radius 2 is 1.79 bits per heavy atom. The number of rotatable bonds is 8. The van der Waals surface area contributed by atoms with Gasteiger partial charge in [-0.1, -0.05) is 19.9 Å². The molecule has 0 amide bonds. The maximum absolute atomic E-state index is 5.97. The Morgan fingerprint density at radius 3 is 2.37 bits per heavy atom. The first kappa shape index (κ1) is 15.8. The summed E-state index contributed by atoms with van der Waals surface area (Å²) >= 11 is 0. The van der Waals surface area contributed by atoms with Crippen molar-refractivity contribution in [2.75, 3.05) is 26.9 Å². The highest BCUT2D eigenvalue weighted by Crippen LogP contribution is 2.32. The van der Waals surface area contributed by atoms with Gasteiger partial charge in [-0.3, -0.25) is 0 Å². The van der Waals surface area contributed by atoms with E-state index < -0.39 is 0 Å². The predicted octanol–water partition coefficient (Wildman–Crippen LogP) is 2.77. The molecular weight excluding hydrogens is 242 g/mol. The molecule has 0 saturated heterocycles. The average molecular weight is 267 g/mol. The molecule has 19 heavy (non-hydrogen) atoms. The lowest BCUT2D eigenvalue weighted by atomic mass is 10.1. The van der Waals surface area contributed by atoms with Gasteiger partial charge in [-0.15, -0.1) is 0 Å². The minimum absolute atomic E-state index is 0.136. The van der Waals surface area contributed by atoms with Gasteiger partial charge < -0.3 is 19.9 Å². The van der Waals surface area contributed by atoms with Crippen LogP contribution in [0, 0.1) is 5.92 Å². The Balaban J connectivity index is 2.58. The highest BCUT2D eigenvalue weighted by atomic mass is 16.5. The van der Waals surface area contributed by atoms with Crippen LogP contribution in [0.2, 0.25) is 0 Å². The third kappa shape index (κ3) is 5.09. The maximum atomic E-state index is 5.97. The molecule has 1 rings (SSSR count). The van der Waals surface area contributed by atoms with E-state index in [0.29, 0.717) is 19.1 Å². The smallest absolute Gasteiger partial charge is 0.127 e. The van der Waals surface area contributed by atoms with Crippen molar-refractivity contribution in [1.29, 1.82) is 0 Å². The standard InChI is InChI=1S/C15H25NO3/c1-11(2)10-18-8-9-19-14-7-5-6-13(17-4)15(14)12(3)16/h5-7,11-12H,8-10,16H2,1-4H3/t12-/m1/s1. The van der Waals surface area contributed by atoms with Crippen LogP contribution < -0.4 is 15.2 Å². The number of nitrogens with two attached hydrogens (primary N) is 1. The number of methoxy groups -OCH3 is 1. The Morgan fingerprint density at radius 1 is 1.11 bits per heavy atom. The molecule has 0 aliphatic heterocycles. The lowest BCUT2D eigenvalue weighted by Gasteiger charge is -2.17. The van der Waals surface area contributed by atoms with Crippen molar-refractivity contribution in [3.8, 4) is 11.5 Å². The molecule has 0 unspecified atom stereocenters. The topological polar surface area (TPSA) is 53.7 Å². The molecule has 0 aliphatic rings. The first-order valence-corrected chi connectivity index (χ1v) is 6.69. The monoisotopic (exact) mass is 267 g/mol. The van der Waals surface area contributed by atoms with Crippen molar-refractivity contribution >= 4 is 0 Å². The highest BCUT2D eigenvalue weighted by molar-refractivity contribution is 5.46. The molecule has 0 aliphatic carbocycles.